The summed E-state index contributed by atoms with van der Waals surface area (Å²) in [6.45, 7) is 1.92. The van der Waals surface area contributed by atoms with E-state index in [9.17, 15) is 4.79 Å². The fourth-order valence-corrected chi connectivity index (χ4v) is 1.92. The largest absolute Gasteiger partial charge is 0.468 e. The van der Waals surface area contributed by atoms with Gasteiger partial charge in [-0.25, -0.2) is 0 Å². The smallest absolute Gasteiger partial charge is 0.327 e. The molecule has 0 aliphatic heterocycles. The fraction of sp³-hybridized carbons (Fsp3) is 0.909. The molecule has 0 radical (unpaired) electrons. The van der Waals surface area contributed by atoms with E-state index >= 15 is 0 Å². The van der Waals surface area contributed by atoms with Crippen LogP contribution in [0.4, 0.5) is 0 Å². The highest BCUT2D eigenvalue weighted by Crippen LogP contribution is 2.39. The van der Waals surface area contributed by atoms with Crippen LogP contribution >= 0.6 is 0 Å². The summed E-state index contributed by atoms with van der Waals surface area (Å²) in [7, 11) is 4.98. The van der Waals surface area contributed by atoms with Crippen molar-refractivity contribution in [2.45, 2.75) is 18.4 Å². The zero-order chi connectivity index (χ0) is 12.2. The van der Waals surface area contributed by atoms with Gasteiger partial charge in [-0.2, -0.15) is 0 Å². The maximum Gasteiger partial charge on any atom is 0.327 e. The lowest BCUT2D eigenvalue weighted by Gasteiger charge is -2.31. The molecule has 1 saturated carbocycles. The van der Waals surface area contributed by atoms with Crippen molar-refractivity contribution in [1.29, 1.82) is 0 Å². The van der Waals surface area contributed by atoms with Crippen LogP contribution in [0.2, 0.25) is 0 Å². The Morgan fingerprint density at radius 2 is 2.12 bits per heavy atom. The van der Waals surface area contributed by atoms with Crippen molar-refractivity contribution in [3.05, 3.63) is 0 Å². The summed E-state index contributed by atoms with van der Waals surface area (Å²) >= 11 is 0. The van der Waals surface area contributed by atoms with Crippen molar-refractivity contribution in [3.63, 3.8) is 0 Å². The molecule has 0 bridgehead atoms. The highest BCUT2D eigenvalue weighted by molar-refractivity contribution is 5.81. The lowest BCUT2D eigenvalue weighted by atomic mass is 9.94. The Balaban J connectivity index is 2.53. The Kier molecular flexibility index (Phi) is 4.70. The third kappa shape index (κ3) is 3.17. The Bertz CT molecular complexity index is 243. The molecule has 94 valence electrons. The highest BCUT2D eigenvalue weighted by atomic mass is 16.5. The molecular weight excluding hydrogens is 208 g/mol. The Labute approximate surface area is 96.9 Å². The van der Waals surface area contributed by atoms with E-state index < -0.39 is 5.54 Å². The first-order chi connectivity index (χ1) is 7.54. The predicted molar refractivity (Wildman–Crippen MR) is 61.0 cm³/mol. The molecule has 1 atom stereocenters. The normalized spacial score (nSPS) is 19.6. The van der Waals surface area contributed by atoms with Gasteiger partial charge in [0, 0.05) is 20.2 Å². The lowest BCUT2D eigenvalue weighted by Crippen LogP contribution is -2.58. The third-order valence-electron chi connectivity index (χ3n) is 3.08. The van der Waals surface area contributed by atoms with Gasteiger partial charge in [0.25, 0.3) is 0 Å². The second kappa shape index (κ2) is 5.61. The topological polar surface area (TPSA) is 64.8 Å². The summed E-state index contributed by atoms with van der Waals surface area (Å²) < 4.78 is 9.79. The molecule has 5 heteroatoms. The van der Waals surface area contributed by atoms with Crippen LogP contribution in [0, 0.1) is 5.92 Å². The van der Waals surface area contributed by atoms with Crippen molar-refractivity contribution in [2.24, 2.45) is 11.7 Å². The van der Waals surface area contributed by atoms with Gasteiger partial charge in [0.05, 0.1) is 13.7 Å². The molecule has 0 amide bonds. The molecule has 0 aromatic heterocycles. The monoisotopic (exact) mass is 230 g/mol. The van der Waals surface area contributed by atoms with Gasteiger partial charge in [-0.15, -0.1) is 0 Å². The number of ether oxygens (including phenoxy) is 2. The van der Waals surface area contributed by atoms with Crippen LogP contribution in [-0.4, -0.2) is 57.4 Å². The molecule has 16 heavy (non-hydrogen) atoms. The van der Waals surface area contributed by atoms with Crippen LogP contribution in [-0.2, 0) is 14.3 Å². The van der Waals surface area contributed by atoms with Gasteiger partial charge in [-0.3, -0.25) is 4.79 Å². The summed E-state index contributed by atoms with van der Waals surface area (Å²) in [5.41, 5.74) is 5.32. The molecule has 1 aliphatic rings. The van der Waals surface area contributed by atoms with Crippen molar-refractivity contribution in [2.75, 3.05) is 41.0 Å². The van der Waals surface area contributed by atoms with E-state index in [0.717, 1.165) is 19.4 Å². The molecule has 0 saturated heterocycles. The Morgan fingerprint density at radius 3 is 2.56 bits per heavy atom. The number of nitrogens with zero attached hydrogens (tertiary/aromatic N) is 1. The van der Waals surface area contributed by atoms with Crippen LogP contribution in [0.15, 0.2) is 0 Å². The van der Waals surface area contributed by atoms with Crippen LogP contribution in [0.3, 0.4) is 0 Å². The molecule has 0 aromatic carbocycles. The molecule has 0 spiro atoms. The van der Waals surface area contributed by atoms with E-state index in [2.05, 4.69) is 0 Å². The summed E-state index contributed by atoms with van der Waals surface area (Å²) in [5, 5.41) is 0. The number of esters is 1. The first-order valence-electron chi connectivity index (χ1n) is 5.59. The number of hydrogen-bond acceptors (Lipinski definition) is 5. The Morgan fingerprint density at radius 1 is 1.50 bits per heavy atom. The minimum Gasteiger partial charge on any atom is -0.468 e. The maximum atomic E-state index is 11.7. The average Bonchev–Trinajstić information content (AvgIpc) is 3.08. The quantitative estimate of drug-likeness (QED) is 0.616. The number of nitrogens with two attached hydrogens (primary N) is 1. The van der Waals surface area contributed by atoms with Gasteiger partial charge in [0.15, 0.2) is 0 Å². The van der Waals surface area contributed by atoms with E-state index in [1.165, 1.54) is 7.11 Å². The minimum absolute atomic E-state index is 0.268. The number of carbonyl (C=O) groups is 1. The molecule has 1 unspecified atom stereocenters. The number of rotatable bonds is 7. The Hall–Kier alpha value is -0.650. The van der Waals surface area contributed by atoms with Gasteiger partial charge in [-0.1, -0.05) is 0 Å². The maximum absolute atomic E-state index is 11.7. The number of methoxy groups -OCH3 is 2. The SMILES string of the molecule is COCCN(C)CC(N)(C(=O)OC)C1CC1. The van der Waals surface area contributed by atoms with Crippen LogP contribution in [0.25, 0.3) is 0 Å². The molecular formula is C11H22N2O3. The van der Waals surface area contributed by atoms with Gasteiger partial charge in [-0.05, 0) is 25.8 Å². The van der Waals surface area contributed by atoms with Crippen molar-refractivity contribution < 1.29 is 14.3 Å². The molecule has 0 heterocycles. The number of hydrogen-bond donors (Lipinski definition) is 1. The number of carbonyl (C=O) groups excluding carboxylic acids is 1. The first-order valence-corrected chi connectivity index (χ1v) is 5.59. The first kappa shape index (κ1) is 13.4. The second-order valence-electron chi connectivity index (χ2n) is 4.54. The summed E-state index contributed by atoms with van der Waals surface area (Å²) in [4.78, 5) is 13.7. The zero-order valence-electron chi connectivity index (χ0n) is 10.4. The van der Waals surface area contributed by atoms with Crippen molar-refractivity contribution in [1.82, 2.24) is 4.90 Å². The van der Waals surface area contributed by atoms with Gasteiger partial charge >= 0.3 is 5.97 Å². The molecule has 2 N–H and O–H groups in total. The third-order valence-corrected chi connectivity index (χ3v) is 3.08. The van der Waals surface area contributed by atoms with Crippen LogP contribution < -0.4 is 5.73 Å². The van der Waals surface area contributed by atoms with Crippen molar-refractivity contribution >= 4 is 5.97 Å². The molecule has 0 aromatic rings. The van der Waals surface area contributed by atoms with Gasteiger partial charge in [0.1, 0.15) is 5.54 Å². The van der Waals surface area contributed by atoms with E-state index in [4.69, 9.17) is 15.2 Å². The van der Waals surface area contributed by atoms with E-state index in [-0.39, 0.29) is 11.9 Å². The summed E-state index contributed by atoms with van der Waals surface area (Å²) in [5.74, 6) is -0.0378. The molecule has 1 aliphatic carbocycles. The van der Waals surface area contributed by atoms with E-state index in [1.54, 1.807) is 7.11 Å². The van der Waals surface area contributed by atoms with E-state index in [0.29, 0.717) is 13.2 Å². The number of likely N-dealkylation sites (N-methyl/N-ethyl adjacent to an activating group) is 1. The fourth-order valence-electron chi connectivity index (χ4n) is 1.92. The van der Waals surface area contributed by atoms with E-state index in [1.807, 2.05) is 11.9 Å². The standard InChI is InChI=1S/C11H22N2O3/c1-13(6-7-15-2)8-11(12,9-4-5-9)10(14)16-3/h9H,4-8,12H2,1-3H3. The molecule has 1 rings (SSSR count). The second-order valence-corrected chi connectivity index (χ2v) is 4.54. The average molecular weight is 230 g/mol. The minimum atomic E-state index is -0.850. The summed E-state index contributed by atoms with van der Waals surface area (Å²) in [6, 6.07) is 0. The highest BCUT2D eigenvalue weighted by Gasteiger charge is 2.49. The van der Waals surface area contributed by atoms with Gasteiger partial charge in [0.2, 0.25) is 0 Å². The molecule has 5 nitrogen and oxygen atoms in total. The molecule has 1 fully saturated rings. The van der Waals surface area contributed by atoms with Crippen LogP contribution in [0.1, 0.15) is 12.8 Å². The van der Waals surface area contributed by atoms with Crippen LogP contribution in [0.5, 0.6) is 0 Å². The predicted octanol–water partition coefficient (Wildman–Crippen LogP) is -0.155. The zero-order valence-corrected chi connectivity index (χ0v) is 10.4. The lowest BCUT2D eigenvalue weighted by molar-refractivity contribution is -0.148. The van der Waals surface area contributed by atoms with Crippen molar-refractivity contribution in [3.8, 4) is 0 Å². The van der Waals surface area contributed by atoms with Gasteiger partial charge < -0.3 is 20.1 Å². The summed E-state index contributed by atoms with van der Waals surface area (Å²) in [6.07, 6.45) is 2.04.